The quantitative estimate of drug-likeness (QED) is 0.601. The third-order valence-electron chi connectivity index (χ3n) is 9.66. The Bertz CT molecular complexity index is 411. The normalized spacial score (nSPS) is 43.3. The fourth-order valence-corrected chi connectivity index (χ4v) is 8.37. The lowest BCUT2D eigenvalue weighted by Gasteiger charge is -2.57. The minimum atomic E-state index is 0.840. The van der Waals surface area contributed by atoms with Gasteiger partial charge in [0.1, 0.15) is 0 Å². The molecule has 4 unspecified atom stereocenters. The average molecular weight is 387 g/mol. The van der Waals surface area contributed by atoms with Gasteiger partial charge in [0.15, 0.2) is 0 Å². The molecule has 0 radical (unpaired) electrons. The van der Waals surface area contributed by atoms with Gasteiger partial charge >= 0.3 is 0 Å². The second-order valence-electron chi connectivity index (χ2n) is 11.3. The van der Waals surface area contributed by atoms with E-state index in [1.54, 1.807) is 0 Å². The smallest absolute Gasteiger partial charge is 0.0133 e. The van der Waals surface area contributed by atoms with E-state index in [1.807, 2.05) is 0 Å². The summed E-state index contributed by atoms with van der Waals surface area (Å²) in [4.78, 5) is 0. The third kappa shape index (κ3) is 4.20. The molecule has 5 aliphatic carbocycles. The molecule has 0 bridgehead atoms. The van der Waals surface area contributed by atoms with Crippen molar-refractivity contribution in [2.75, 3.05) is 0 Å². The van der Waals surface area contributed by atoms with Gasteiger partial charge in [0, 0.05) is 24.2 Å². The molecule has 0 saturated heterocycles. The lowest BCUT2D eigenvalue weighted by Crippen LogP contribution is -2.64. The summed E-state index contributed by atoms with van der Waals surface area (Å²) in [5.74, 6) is 3.87. The first-order valence-corrected chi connectivity index (χ1v) is 13.4. The summed E-state index contributed by atoms with van der Waals surface area (Å²) in [6, 6.07) is 3.38. The maximum absolute atomic E-state index is 4.35. The zero-order valence-corrected chi connectivity index (χ0v) is 18.3. The molecule has 0 aromatic carbocycles. The molecule has 5 rings (SSSR count). The lowest BCUT2D eigenvalue weighted by molar-refractivity contribution is -0.0286. The molecule has 5 saturated carbocycles. The van der Waals surface area contributed by atoms with E-state index in [2.05, 4.69) is 10.6 Å². The van der Waals surface area contributed by atoms with Crippen molar-refractivity contribution in [3.05, 3.63) is 0 Å². The van der Waals surface area contributed by atoms with Gasteiger partial charge in [-0.25, -0.2) is 0 Å². The Morgan fingerprint density at radius 2 is 0.607 bits per heavy atom. The van der Waals surface area contributed by atoms with Crippen molar-refractivity contribution in [1.82, 2.24) is 10.6 Å². The second-order valence-corrected chi connectivity index (χ2v) is 11.3. The van der Waals surface area contributed by atoms with E-state index >= 15 is 0 Å². The Morgan fingerprint density at radius 1 is 0.321 bits per heavy atom. The molecule has 5 aliphatic rings. The number of nitrogens with one attached hydrogen (secondary N) is 2. The molecule has 0 aliphatic heterocycles. The lowest BCUT2D eigenvalue weighted by atomic mass is 9.54. The predicted molar refractivity (Wildman–Crippen MR) is 118 cm³/mol. The van der Waals surface area contributed by atoms with Crippen LogP contribution in [0.1, 0.15) is 116 Å². The van der Waals surface area contributed by atoms with Gasteiger partial charge in [-0.05, 0) is 75.0 Å². The molecule has 2 nitrogen and oxygen atoms in total. The highest BCUT2D eigenvalue weighted by Gasteiger charge is 2.51. The molecule has 0 amide bonds. The van der Waals surface area contributed by atoms with Crippen LogP contribution in [0, 0.1) is 23.7 Å². The van der Waals surface area contributed by atoms with Crippen LogP contribution in [0.3, 0.4) is 0 Å². The van der Waals surface area contributed by atoms with Gasteiger partial charge < -0.3 is 10.6 Å². The summed E-state index contributed by atoms with van der Waals surface area (Å²) in [7, 11) is 0. The molecule has 5 fully saturated rings. The fourth-order valence-electron chi connectivity index (χ4n) is 8.37. The zero-order chi connectivity index (χ0) is 18.8. The van der Waals surface area contributed by atoms with E-state index in [4.69, 9.17) is 0 Å². The summed E-state index contributed by atoms with van der Waals surface area (Å²) < 4.78 is 0. The van der Waals surface area contributed by atoms with E-state index in [9.17, 15) is 0 Å². The van der Waals surface area contributed by atoms with Crippen LogP contribution in [0.4, 0.5) is 0 Å². The van der Waals surface area contributed by atoms with Crippen molar-refractivity contribution in [2.45, 2.75) is 140 Å². The number of rotatable bonds is 4. The Balaban J connectivity index is 1.36. The van der Waals surface area contributed by atoms with Gasteiger partial charge in [-0.2, -0.15) is 0 Å². The molecule has 0 aromatic heterocycles. The van der Waals surface area contributed by atoms with Crippen molar-refractivity contribution >= 4 is 0 Å². The Labute approximate surface area is 174 Å². The molecule has 28 heavy (non-hydrogen) atoms. The van der Waals surface area contributed by atoms with E-state index in [-0.39, 0.29) is 0 Å². The van der Waals surface area contributed by atoms with E-state index < -0.39 is 0 Å². The first kappa shape index (κ1) is 19.9. The Morgan fingerprint density at radius 3 is 0.929 bits per heavy atom. The maximum Gasteiger partial charge on any atom is 0.0133 e. The van der Waals surface area contributed by atoms with Gasteiger partial charge in [-0.3, -0.25) is 0 Å². The van der Waals surface area contributed by atoms with E-state index in [0.717, 1.165) is 47.8 Å². The van der Waals surface area contributed by atoms with Crippen LogP contribution in [-0.2, 0) is 0 Å². The molecule has 160 valence electrons. The SMILES string of the molecule is C1CCC(NC2C3CCCCC3C(NC3CCCCC3)C3CCCCC32)CC1. The van der Waals surface area contributed by atoms with E-state index in [1.165, 1.54) is 116 Å². The molecule has 2 heteroatoms. The van der Waals surface area contributed by atoms with Crippen LogP contribution >= 0.6 is 0 Å². The van der Waals surface area contributed by atoms with Gasteiger partial charge in [-0.15, -0.1) is 0 Å². The highest BCUT2D eigenvalue weighted by atomic mass is 15.0. The first-order valence-electron chi connectivity index (χ1n) is 13.4. The topological polar surface area (TPSA) is 24.1 Å². The maximum atomic E-state index is 4.35. The second kappa shape index (κ2) is 9.38. The number of hydrogen-bond donors (Lipinski definition) is 2. The monoisotopic (exact) mass is 386 g/mol. The summed E-state index contributed by atoms with van der Waals surface area (Å²) in [6.07, 6.45) is 26.7. The predicted octanol–water partition coefficient (Wildman–Crippen LogP) is 6.19. The Kier molecular flexibility index (Phi) is 6.65. The van der Waals surface area contributed by atoms with Crippen molar-refractivity contribution in [3.63, 3.8) is 0 Å². The van der Waals surface area contributed by atoms with Gasteiger partial charge in [-0.1, -0.05) is 64.2 Å². The molecular formula is C26H46N2. The number of fused-ring (bicyclic) bond motifs is 2. The number of hydrogen-bond acceptors (Lipinski definition) is 2. The summed E-state index contributed by atoms with van der Waals surface area (Å²) in [5.41, 5.74) is 0. The van der Waals surface area contributed by atoms with Crippen LogP contribution in [0.25, 0.3) is 0 Å². The van der Waals surface area contributed by atoms with Crippen molar-refractivity contribution in [2.24, 2.45) is 23.7 Å². The molecule has 2 N–H and O–H groups in total. The largest absolute Gasteiger partial charge is 0.311 e. The summed E-state index contributed by atoms with van der Waals surface area (Å²) in [6.45, 7) is 0. The molecule has 0 spiro atoms. The first-order chi connectivity index (χ1) is 13.9. The molecule has 4 atom stereocenters. The van der Waals surface area contributed by atoms with Crippen molar-refractivity contribution in [3.8, 4) is 0 Å². The highest BCUT2D eigenvalue weighted by Crippen LogP contribution is 2.51. The minimum Gasteiger partial charge on any atom is -0.311 e. The van der Waals surface area contributed by atoms with Crippen LogP contribution in [0.5, 0.6) is 0 Å². The fraction of sp³-hybridized carbons (Fsp3) is 1.00. The molecule has 0 heterocycles. The highest BCUT2D eigenvalue weighted by molar-refractivity contribution is 5.06. The minimum absolute atomic E-state index is 0.840. The molecule has 0 aromatic rings. The standard InChI is InChI=1S/C26H46N2/c1-3-11-19(12-4-1)27-25-21-15-7-9-17-23(21)26(24-18-10-8-16-22(24)25)28-20-13-5-2-6-14-20/h19-28H,1-18H2. The van der Waals surface area contributed by atoms with Crippen LogP contribution < -0.4 is 10.6 Å². The van der Waals surface area contributed by atoms with E-state index in [0.29, 0.717) is 0 Å². The van der Waals surface area contributed by atoms with Gasteiger partial charge in [0.25, 0.3) is 0 Å². The third-order valence-corrected chi connectivity index (χ3v) is 9.66. The average Bonchev–Trinajstić information content (AvgIpc) is 2.77. The Hall–Kier alpha value is -0.0800. The van der Waals surface area contributed by atoms with Crippen LogP contribution in [-0.4, -0.2) is 24.2 Å². The van der Waals surface area contributed by atoms with Crippen LogP contribution in [0.15, 0.2) is 0 Å². The van der Waals surface area contributed by atoms with Crippen LogP contribution in [0.2, 0.25) is 0 Å². The van der Waals surface area contributed by atoms with Gasteiger partial charge in [0.05, 0.1) is 0 Å². The summed E-state index contributed by atoms with van der Waals surface area (Å²) in [5, 5.41) is 8.71. The molecular weight excluding hydrogens is 340 g/mol. The van der Waals surface area contributed by atoms with Gasteiger partial charge in [0.2, 0.25) is 0 Å². The van der Waals surface area contributed by atoms with Crippen molar-refractivity contribution < 1.29 is 0 Å². The summed E-state index contributed by atoms with van der Waals surface area (Å²) >= 11 is 0. The van der Waals surface area contributed by atoms with Crippen molar-refractivity contribution in [1.29, 1.82) is 0 Å². The zero-order valence-electron chi connectivity index (χ0n) is 18.3.